The van der Waals surface area contributed by atoms with Gasteiger partial charge in [-0.15, -0.1) is 0 Å². The van der Waals surface area contributed by atoms with Crippen LogP contribution in [-0.2, 0) is 9.59 Å². The van der Waals surface area contributed by atoms with Gasteiger partial charge in [-0.05, 0) is 24.5 Å². The largest absolute Gasteiger partial charge is 0.354 e. The minimum absolute atomic E-state index is 0.162. The van der Waals surface area contributed by atoms with E-state index in [0.29, 0.717) is 6.54 Å². The summed E-state index contributed by atoms with van der Waals surface area (Å²) in [4.78, 5) is 23.0. The number of nitrogens with one attached hydrogen (secondary N) is 2. The predicted octanol–water partition coefficient (Wildman–Crippen LogP) is 2.85. The van der Waals surface area contributed by atoms with E-state index >= 15 is 0 Å². The highest BCUT2D eigenvalue weighted by molar-refractivity contribution is 5.86. The van der Waals surface area contributed by atoms with E-state index in [-0.39, 0.29) is 17.7 Å². The summed E-state index contributed by atoms with van der Waals surface area (Å²) in [5.74, 6) is -0.141. The highest BCUT2D eigenvalue weighted by Gasteiger charge is 2.16. The molecule has 1 atom stereocenters. The molecule has 4 heteroatoms. The molecular formula is C20H24N2O2. The van der Waals surface area contributed by atoms with Gasteiger partial charge in [0.15, 0.2) is 0 Å². The zero-order valence-electron chi connectivity index (χ0n) is 14.2. The van der Waals surface area contributed by atoms with Gasteiger partial charge in [0.2, 0.25) is 11.8 Å². The third-order valence-electron chi connectivity index (χ3n) is 3.95. The molecule has 2 N–H and O–H groups in total. The Kier molecular flexibility index (Phi) is 6.55. The van der Waals surface area contributed by atoms with E-state index < -0.39 is 6.04 Å². The molecule has 2 aromatic carbocycles. The maximum atomic E-state index is 12.0. The van der Waals surface area contributed by atoms with Crippen molar-refractivity contribution in [1.82, 2.24) is 10.6 Å². The second kappa shape index (κ2) is 8.87. The van der Waals surface area contributed by atoms with Crippen molar-refractivity contribution < 1.29 is 9.59 Å². The van der Waals surface area contributed by atoms with E-state index in [1.54, 1.807) is 6.92 Å². The van der Waals surface area contributed by atoms with Gasteiger partial charge in [0.1, 0.15) is 6.04 Å². The van der Waals surface area contributed by atoms with Gasteiger partial charge in [0, 0.05) is 19.4 Å². The molecule has 0 saturated heterocycles. The number of carbonyl (C=O) groups is 2. The molecule has 0 aromatic heterocycles. The molecule has 0 aliphatic carbocycles. The third kappa shape index (κ3) is 5.23. The maximum absolute atomic E-state index is 12.0. The van der Waals surface area contributed by atoms with Crippen LogP contribution in [0.5, 0.6) is 0 Å². The summed E-state index contributed by atoms with van der Waals surface area (Å²) in [5.41, 5.74) is 2.46. The van der Waals surface area contributed by atoms with Crippen molar-refractivity contribution in [3.05, 3.63) is 71.8 Å². The summed E-state index contributed by atoms with van der Waals surface area (Å²) in [6, 6.07) is 20.0. The average molecular weight is 324 g/mol. The molecule has 4 nitrogen and oxygen atoms in total. The van der Waals surface area contributed by atoms with E-state index in [2.05, 4.69) is 34.9 Å². The number of hydrogen-bond donors (Lipinski definition) is 2. The van der Waals surface area contributed by atoms with Crippen LogP contribution in [0.25, 0.3) is 0 Å². The molecule has 2 amide bonds. The second-order valence-corrected chi connectivity index (χ2v) is 5.88. The van der Waals surface area contributed by atoms with Gasteiger partial charge in [-0.3, -0.25) is 9.59 Å². The van der Waals surface area contributed by atoms with Crippen LogP contribution >= 0.6 is 0 Å². The van der Waals surface area contributed by atoms with Crippen LogP contribution in [0.4, 0.5) is 0 Å². The second-order valence-electron chi connectivity index (χ2n) is 5.88. The molecule has 0 bridgehead atoms. The maximum Gasteiger partial charge on any atom is 0.242 e. The molecule has 0 fully saturated rings. The summed E-state index contributed by atoms with van der Waals surface area (Å²) in [6.45, 7) is 3.64. The van der Waals surface area contributed by atoms with Gasteiger partial charge in [-0.1, -0.05) is 60.7 Å². The molecular weight excluding hydrogens is 300 g/mol. The number of hydrogen-bond acceptors (Lipinski definition) is 2. The number of benzene rings is 2. The zero-order valence-corrected chi connectivity index (χ0v) is 14.2. The van der Waals surface area contributed by atoms with Gasteiger partial charge >= 0.3 is 0 Å². The SMILES string of the molecule is CC(=O)N[C@H](C)C(=O)NCCC(c1ccccc1)c1ccccc1. The smallest absolute Gasteiger partial charge is 0.242 e. The molecule has 0 spiro atoms. The summed E-state index contributed by atoms with van der Waals surface area (Å²) < 4.78 is 0. The lowest BCUT2D eigenvalue weighted by molar-refractivity contribution is -0.127. The van der Waals surface area contributed by atoms with E-state index in [1.807, 2.05) is 36.4 Å². The minimum Gasteiger partial charge on any atom is -0.354 e. The van der Waals surface area contributed by atoms with Crippen LogP contribution in [0.15, 0.2) is 60.7 Å². The first-order valence-electron chi connectivity index (χ1n) is 8.22. The lowest BCUT2D eigenvalue weighted by Crippen LogP contribution is -2.44. The first-order chi connectivity index (χ1) is 11.6. The first-order valence-corrected chi connectivity index (χ1v) is 8.22. The van der Waals surface area contributed by atoms with Crippen molar-refractivity contribution in [1.29, 1.82) is 0 Å². The molecule has 2 rings (SSSR count). The van der Waals surface area contributed by atoms with Crippen molar-refractivity contribution >= 4 is 11.8 Å². The zero-order chi connectivity index (χ0) is 17.4. The molecule has 0 radical (unpaired) electrons. The van der Waals surface area contributed by atoms with Crippen LogP contribution in [0.3, 0.4) is 0 Å². The Balaban J connectivity index is 2.00. The van der Waals surface area contributed by atoms with Crippen molar-refractivity contribution in [2.45, 2.75) is 32.2 Å². The van der Waals surface area contributed by atoms with Crippen LogP contribution < -0.4 is 10.6 Å². The third-order valence-corrected chi connectivity index (χ3v) is 3.95. The Hall–Kier alpha value is -2.62. The molecule has 0 saturated carbocycles. The van der Waals surface area contributed by atoms with Crippen LogP contribution in [0.1, 0.15) is 37.3 Å². The van der Waals surface area contributed by atoms with Crippen LogP contribution in [0, 0.1) is 0 Å². The van der Waals surface area contributed by atoms with Gasteiger partial charge in [0.05, 0.1) is 0 Å². The summed E-state index contributed by atoms with van der Waals surface area (Å²) in [5, 5.41) is 5.50. The van der Waals surface area contributed by atoms with Crippen molar-refractivity contribution in [2.75, 3.05) is 6.54 Å². The van der Waals surface area contributed by atoms with Gasteiger partial charge in [-0.25, -0.2) is 0 Å². The summed E-state index contributed by atoms with van der Waals surface area (Å²) in [7, 11) is 0. The molecule has 2 aromatic rings. The minimum atomic E-state index is -0.519. The van der Waals surface area contributed by atoms with Gasteiger partial charge < -0.3 is 10.6 Å². The topological polar surface area (TPSA) is 58.2 Å². The Morgan fingerprint density at radius 2 is 1.42 bits per heavy atom. The van der Waals surface area contributed by atoms with Crippen LogP contribution in [0.2, 0.25) is 0 Å². The van der Waals surface area contributed by atoms with Gasteiger partial charge in [0.25, 0.3) is 0 Å². The molecule has 126 valence electrons. The van der Waals surface area contributed by atoms with Crippen molar-refractivity contribution in [3.63, 3.8) is 0 Å². The fourth-order valence-corrected chi connectivity index (χ4v) is 2.76. The number of carbonyl (C=O) groups excluding carboxylic acids is 2. The highest BCUT2D eigenvalue weighted by Crippen LogP contribution is 2.27. The quantitative estimate of drug-likeness (QED) is 0.823. The Morgan fingerprint density at radius 1 is 0.917 bits per heavy atom. The van der Waals surface area contributed by atoms with E-state index in [9.17, 15) is 9.59 Å². The molecule has 0 aliphatic heterocycles. The predicted molar refractivity (Wildman–Crippen MR) is 95.6 cm³/mol. The number of rotatable bonds is 7. The Bertz CT molecular complexity index is 616. The first kappa shape index (κ1) is 17.7. The molecule has 24 heavy (non-hydrogen) atoms. The van der Waals surface area contributed by atoms with Gasteiger partial charge in [-0.2, -0.15) is 0 Å². The Morgan fingerprint density at radius 3 is 1.88 bits per heavy atom. The lowest BCUT2D eigenvalue weighted by Gasteiger charge is -2.19. The van der Waals surface area contributed by atoms with Crippen molar-refractivity contribution in [2.24, 2.45) is 0 Å². The fraction of sp³-hybridized carbons (Fsp3) is 0.300. The standard InChI is InChI=1S/C20H24N2O2/c1-15(22-16(2)23)20(24)21-14-13-19(17-9-5-3-6-10-17)18-11-7-4-8-12-18/h3-12,15,19H,13-14H2,1-2H3,(H,21,24)(H,22,23)/t15-/m1/s1. The van der Waals surface area contributed by atoms with Crippen LogP contribution in [-0.4, -0.2) is 24.4 Å². The molecule has 0 heterocycles. The van der Waals surface area contributed by atoms with E-state index in [4.69, 9.17) is 0 Å². The number of amides is 2. The normalized spacial score (nSPS) is 11.8. The fourth-order valence-electron chi connectivity index (χ4n) is 2.76. The van der Waals surface area contributed by atoms with E-state index in [1.165, 1.54) is 18.1 Å². The van der Waals surface area contributed by atoms with Crippen molar-refractivity contribution in [3.8, 4) is 0 Å². The summed E-state index contributed by atoms with van der Waals surface area (Å²) >= 11 is 0. The Labute approximate surface area is 143 Å². The monoisotopic (exact) mass is 324 g/mol. The molecule has 0 aliphatic rings. The lowest BCUT2D eigenvalue weighted by atomic mass is 9.88. The average Bonchev–Trinajstić information content (AvgIpc) is 2.59. The highest BCUT2D eigenvalue weighted by atomic mass is 16.2. The van der Waals surface area contributed by atoms with E-state index in [0.717, 1.165) is 6.42 Å². The summed E-state index contributed by atoms with van der Waals surface area (Å²) in [6.07, 6.45) is 0.798. The molecule has 0 unspecified atom stereocenters.